The Morgan fingerprint density at radius 1 is 1.05 bits per heavy atom. The molecule has 2 aromatic rings. The number of fused-ring (bicyclic) bond motifs is 1. The normalized spacial score (nSPS) is 30.3. The molecule has 3 N–H and O–H groups in total. The number of ether oxygens (including phenoxy) is 2. The maximum atomic E-state index is 14.2. The molecule has 0 radical (unpaired) electrons. The summed E-state index contributed by atoms with van der Waals surface area (Å²) in [5, 5.41) is 16.2. The number of anilines is 2. The van der Waals surface area contributed by atoms with Crippen LogP contribution in [-0.4, -0.2) is 64.7 Å². The van der Waals surface area contributed by atoms with Gasteiger partial charge in [0, 0.05) is 11.4 Å². The highest BCUT2D eigenvalue weighted by Crippen LogP contribution is 2.63. The quantitative estimate of drug-likeness (QED) is 0.492. The molecule has 38 heavy (non-hydrogen) atoms. The Hall–Kier alpha value is -3.43. The van der Waals surface area contributed by atoms with Crippen molar-refractivity contribution in [2.24, 2.45) is 17.8 Å². The molecule has 6 atom stereocenters. The van der Waals surface area contributed by atoms with Crippen LogP contribution in [0.2, 0.25) is 0 Å². The zero-order valence-corrected chi connectivity index (χ0v) is 22.1. The highest BCUT2D eigenvalue weighted by Gasteiger charge is 2.78. The van der Waals surface area contributed by atoms with E-state index in [-0.39, 0.29) is 24.3 Å². The van der Waals surface area contributed by atoms with E-state index in [0.717, 1.165) is 0 Å². The smallest absolute Gasteiger partial charge is 0.250 e. The molecule has 3 aliphatic heterocycles. The van der Waals surface area contributed by atoms with Gasteiger partial charge in [-0.25, -0.2) is 0 Å². The molecule has 9 heteroatoms. The summed E-state index contributed by atoms with van der Waals surface area (Å²) < 4.78 is 11.8. The molecular formula is C29H35N3O6. The van der Waals surface area contributed by atoms with Crippen molar-refractivity contribution in [1.82, 2.24) is 4.90 Å². The lowest BCUT2D eigenvalue weighted by atomic mass is 9.66. The molecule has 9 nitrogen and oxygen atoms in total. The van der Waals surface area contributed by atoms with Gasteiger partial charge >= 0.3 is 0 Å². The fraction of sp³-hybridized carbons (Fsp3) is 0.483. The van der Waals surface area contributed by atoms with Crippen LogP contribution in [0.25, 0.3) is 0 Å². The van der Waals surface area contributed by atoms with Gasteiger partial charge in [-0.15, -0.1) is 0 Å². The van der Waals surface area contributed by atoms with E-state index in [1.807, 2.05) is 39.0 Å². The third-order valence-electron chi connectivity index (χ3n) is 8.46. The fourth-order valence-electron chi connectivity index (χ4n) is 6.67. The van der Waals surface area contributed by atoms with Gasteiger partial charge in [0.15, 0.2) is 0 Å². The summed E-state index contributed by atoms with van der Waals surface area (Å²) in [6.45, 7) is 5.35. The molecule has 3 saturated heterocycles. The van der Waals surface area contributed by atoms with Crippen LogP contribution < -0.4 is 15.4 Å². The highest BCUT2D eigenvalue weighted by molar-refractivity contribution is 6.05. The predicted octanol–water partition coefficient (Wildman–Crippen LogP) is 3.05. The molecule has 0 aliphatic carbocycles. The Labute approximate surface area is 222 Å². The molecule has 202 valence electrons. The monoisotopic (exact) mass is 521 g/mol. The van der Waals surface area contributed by atoms with Gasteiger partial charge in [-0.1, -0.05) is 32.0 Å². The van der Waals surface area contributed by atoms with Crippen LogP contribution in [0.15, 0.2) is 54.6 Å². The largest absolute Gasteiger partial charge is 0.497 e. The first kappa shape index (κ1) is 26.2. The number of para-hydroxylation sites is 1. The maximum absolute atomic E-state index is 14.2. The summed E-state index contributed by atoms with van der Waals surface area (Å²) in [5.74, 6) is -2.14. The Bertz CT molecular complexity index is 1220. The zero-order valence-electron chi connectivity index (χ0n) is 22.1. The van der Waals surface area contributed by atoms with Crippen molar-refractivity contribution in [3.8, 4) is 5.75 Å². The molecule has 3 aliphatic rings. The fourth-order valence-corrected chi connectivity index (χ4v) is 6.67. The number of methoxy groups -OCH3 is 1. The number of carbonyl (C=O) groups excluding carboxylic acids is 3. The highest BCUT2D eigenvalue weighted by atomic mass is 16.5. The first-order valence-corrected chi connectivity index (χ1v) is 13.1. The number of hydrogen-bond acceptors (Lipinski definition) is 6. The van der Waals surface area contributed by atoms with Crippen LogP contribution in [0.4, 0.5) is 11.4 Å². The number of nitrogens with zero attached hydrogens (tertiary/aromatic N) is 1. The van der Waals surface area contributed by atoms with E-state index in [1.165, 1.54) is 4.90 Å². The molecular weight excluding hydrogens is 486 g/mol. The first-order chi connectivity index (χ1) is 18.1. The summed E-state index contributed by atoms with van der Waals surface area (Å²) in [5.41, 5.74) is -0.894. The minimum absolute atomic E-state index is 0.125. The van der Waals surface area contributed by atoms with E-state index < -0.39 is 41.0 Å². The number of likely N-dealkylation sites (tertiary alicyclic amines) is 1. The summed E-state index contributed by atoms with van der Waals surface area (Å²) in [7, 11) is 1.56. The van der Waals surface area contributed by atoms with Gasteiger partial charge in [0.2, 0.25) is 17.7 Å². The van der Waals surface area contributed by atoms with Crippen LogP contribution in [0.5, 0.6) is 5.75 Å². The van der Waals surface area contributed by atoms with Crippen molar-refractivity contribution in [3.63, 3.8) is 0 Å². The average Bonchev–Trinajstić information content (AvgIpc) is 3.46. The molecule has 2 aromatic carbocycles. The molecule has 0 saturated carbocycles. The second-order valence-electron chi connectivity index (χ2n) is 11.0. The third-order valence-corrected chi connectivity index (χ3v) is 8.46. The van der Waals surface area contributed by atoms with Gasteiger partial charge < -0.3 is 30.1 Å². The van der Waals surface area contributed by atoms with Crippen molar-refractivity contribution in [2.75, 3.05) is 24.4 Å². The summed E-state index contributed by atoms with van der Waals surface area (Å²) in [6, 6.07) is 14.4. The minimum Gasteiger partial charge on any atom is -0.497 e. The number of aliphatic hydroxyl groups excluding tert-OH is 1. The number of nitrogens with one attached hydrogen (secondary N) is 2. The molecule has 3 fully saturated rings. The van der Waals surface area contributed by atoms with E-state index in [4.69, 9.17) is 9.47 Å². The lowest BCUT2D eigenvalue weighted by Crippen LogP contribution is -2.57. The van der Waals surface area contributed by atoms with Crippen molar-refractivity contribution < 1.29 is 29.0 Å². The lowest BCUT2D eigenvalue weighted by molar-refractivity contribution is -0.148. The van der Waals surface area contributed by atoms with Crippen LogP contribution in [0, 0.1) is 17.8 Å². The number of hydrogen-bond donors (Lipinski definition) is 3. The van der Waals surface area contributed by atoms with Gasteiger partial charge in [-0.3, -0.25) is 14.4 Å². The van der Waals surface area contributed by atoms with Crippen LogP contribution in [0.3, 0.4) is 0 Å². The Morgan fingerprint density at radius 2 is 1.68 bits per heavy atom. The zero-order chi connectivity index (χ0) is 27.2. The average molecular weight is 522 g/mol. The van der Waals surface area contributed by atoms with E-state index >= 15 is 0 Å². The minimum atomic E-state index is -1.18. The van der Waals surface area contributed by atoms with Crippen LogP contribution in [-0.2, 0) is 19.1 Å². The number of carbonyl (C=O) groups is 3. The van der Waals surface area contributed by atoms with E-state index in [2.05, 4.69) is 10.6 Å². The molecule has 0 aromatic heterocycles. The molecule has 1 spiro atoms. The Kier molecular flexibility index (Phi) is 6.69. The molecule has 3 heterocycles. The number of amides is 3. The van der Waals surface area contributed by atoms with E-state index in [1.54, 1.807) is 43.5 Å². The van der Waals surface area contributed by atoms with Crippen LogP contribution >= 0.6 is 0 Å². The topological polar surface area (TPSA) is 117 Å². The molecule has 3 amide bonds. The Morgan fingerprint density at radius 3 is 2.29 bits per heavy atom. The van der Waals surface area contributed by atoms with Gasteiger partial charge in [-0.05, 0) is 62.1 Å². The summed E-state index contributed by atoms with van der Waals surface area (Å²) in [4.78, 5) is 43.3. The van der Waals surface area contributed by atoms with Gasteiger partial charge in [0.05, 0.1) is 37.2 Å². The van der Waals surface area contributed by atoms with Gasteiger partial charge in [-0.2, -0.15) is 0 Å². The van der Waals surface area contributed by atoms with Crippen molar-refractivity contribution in [2.45, 2.75) is 56.9 Å². The SMILES string of the molecule is COc1ccc(NC(=O)C2N([C@@H](CO)C(C)C)C(=O)[C@@H]3[C@@H](C(=O)Nc4ccccc4)[C@@]4(C)CCC23O4)cc1. The molecule has 5 rings (SSSR count). The second-order valence-corrected chi connectivity index (χ2v) is 11.0. The standard InChI is InChI=1S/C29H35N3O6/c1-17(2)21(16-33)32-24(26(35)31-19-10-12-20(37-4)13-11-19)29-15-14-28(3,38-29)22(23(29)27(32)36)25(34)30-18-8-6-5-7-9-18/h5-13,17,21-24,33H,14-16H2,1-4H3,(H,30,34)(H,31,35)/t21-,22-,23-,24?,28+,29?/m0/s1. The predicted molar refractivity (Wildman–Crippen MR) is 141 cm³/mol. The third kappa shape index (κ3) is 4.05. The molecule has 2 bridgehead atoms. The van der Waals surface area contributed by atoms with E-state index in [0.29, 0.717) is 30.0 Å². The van der Waals surface area contributed by atoms with Gasteiger partial charge in [0.25, 0.3) is 0 Å². The molecule has 2 unspecified atom stereocenters. The number of rotatable bonds is 8. The Balaban J connectivity index is 1.53. The maximum Gasteiger partial charge on any atom is 0.250 e. The van der Waals surface area contributed by atoms with E-state index in [9.17, 15) is 19.5 Å². The second kappa shape index (κ2) is 9.71. The summed E-state index contributed by atoms with van der Waals surface area (Å²) >= 11 is 0. The van der Waals surface area contributed by atoms with Crippen LogP contribution in [0.1, 0.15) is 33.6 Å². The van der Waals surface area contributed by atoms with Crippen molar-refractivity contribution in [1.29, 1.82) is 0 Å². The first-order valence-electron chi connectivity index (χ1n) is 13.1. The number of benzene rings is 2. The lowest BCUT2D eigenvalue weighted by Gasteiger charge is -2.38. The number of aliphatic hydroxyl groups is 1. The van der Waals surface area contributed by atoms with Crippen molar-refractivity contribution >= 4 is 29.1 Å². The summed E-state index contributed by atoms with van der Waals surface area (Å²) in [6.07, 6.45) is 0.998. The van der Waals surface area contributed by atoms with Gasteiger partial charge in [0.1, 0.15) is 17.4 Å². The van der Waals surface area contributed by atoms with Crippen molar-refractivity contribution in [3.05, 3.63) is 54.6 Å².